The summed E-state index contributed by atoms with van der Waals surface area (Å²) < 4.78 is 5.89. The Labute approximate surface area is 185 Å². The molecule has 2 aromatic rings. The molecule has 0 saturated carbocycles. The van der Waals surface area contributed by atoms with Crippen LogP contribution in [0.5, 0.6) is 5.75 Å². The maximum Gasteiger partial charge on any atom is 0.306 e. The number of aliphatic imine (C=N–C) groups is 1. The lowest BCUT2D eigenvalue weighted by Crippen LogP contribution is -2.29. The van der Waals surface area contributed by atoms with E-state index in [1.54, 1.807) is 6.21 Å². The number of benzene rings is 2. The van der Waals surface area contributed by atoms with Gasteiger partial charge < -0.3 is 9.84 Å². The van der Waals surface area contributed by atoms with E-state index >= 15 is 0 Å². The summed E-state index contributed by atoms with van der Waals surface area (Å²) >= 11 is 0. The van der Waals surface area contributed by atoms with Crippen molar-refractivity contribution in [3.63, 3.8) is 0 Å². The lowest BCUT2D eigenvalue weighted by molar-refractivity contribution is -0.138. The van der Waals surface area contributed by atoms with E-state index in [2.05, 4.69) is 54.4 Å². The molecule has 0 fully saturated rings. The van der Waals surface area contributed by atoms with Crippen LogP contribution in [0.4, 0.5) is 0 Å². The molecule has 31 heavy (non-hydrogen) atoms. The monoisotopic (exact) mass is 419 g/mol. The summed E-state index contributed by atoms with van der Waals surface area (Å²) in [6, 6.07) is 18.9. The molecule has 2 unspecified atom stereocenters. The lowest BCUT2D eigenvalue weighted by Gasteiger charge is -2.26. The first-order valence-electron chi connectivity index (χ1n) is 11.3. The van der Waals surface area contributed by atoms with E-state index in [1.807, 2.05) is 24.3 Å². The average Bonchev–Trinajstić information content (AvgIpc) is 3.19. The molecule has 0 radical (unpaired) electrons. The number of ether oxygens (including phenoxy) is 1. The Morgan fingerprint density at radius 2 is 1.81 bits per heavy atom. The molecule has 0 aromatic heterocycles. The minimum absolute atomic E-state index is 0.0441. The first-order valence-corrected chi connectivity index (χ1v) is 11.3. The number of aryl methyl sites for hydroxylation is 1. The summed E-state index contributed by atoms with van der Waals surface area (Å²) in [6.45, 7) is 2.90. The van der Waals surface area contributed by atoms with Crippen LogP contribution in [0.25, 0.3) is 0 Å². The van der Waals surface area contributed by atoms with Crippen molar-refractivity contribution in [2.45, 2.75) is 57.4 Å². The molecule has 1 aliphatic heterocycles. The fourth-order valence-electron chi connectivity index (χ4n) is 4.26. The van der Waals surface area contributed by atoms with E-state index in [0.29, 0.717) is 5.92 Å². The Morgan fingerprint density at radius 1 is 1.03 bits per heavy atom. The van der Waals surface area contributed by atoms with Crippen molar-refractivity contribution < 1.29 is 14.6 Å². The lowest BCUT2D eigenvalue weighted by atomic mass is 9.83. The SMILES string of the molecule is CC(Cc1ccc(OCCCCCc2ccccc2)cc1)CC1(CC(=O)O)C=CC=N1. The van der Waals surface area contributed by atoms with Crippen LogP contribution >= 0.6 is 0 Å². The zero-order valence-corrected chi connectivity index (χ0v) is 18.4. The number of aliphatic carboxylic acids is 1. The Morgan fingerprint density at radius 3 is 2.48 bits per heavy atom. The topological polar surface area (TPSA) is 58.9 Å². The summed E-state index contributed by atoms with van der Waals surface area (Å²) in [5.74, 6) is 0.429. The highest BCUT2D eigenvalue weighted by Gasteiger charge is 2.32. The Kier molecular flexibility index (Phi) is 8.45. The van der Waals surface area contributed by atoms with Gasteiger partial charge in [-0.15, -0.1) is 0 Å². The van der Waals surface area contributed by atoms with Gasteiger partial charge in [0.1, 0.15) is 5.75 Å². The van der Waals surface area contributed by atoms with Crippen LogP contribution in [-0.4, -0.2) is 29.4 Å². The Bertz CT molecular complexity index is 859. The van der Waals surface area contributed by atoms with Gasteiger partial charge in [0.05, 0.1) is 18.6 Å². The van der Waals surface area contributed by atoms with E-state index in [0.717, 1.165) is 38.0 Å². The largest absolute Gasteiger partial charge is 0.494 e. The normalized spacial score (nSPS) is 18.2. The third kappa shape index (κ3) is 7.71. The van der Waals surface area contributed by atoms with Gasteiger partial charge in [0.15, 0.2) is 0 Å². The van der Waals surface area contributed by atoms with Crippen LogP contribution in [-0.2, 0) is 17.6 Å². The van der Waals surface area contributed by atoms with Gasteiger partial charge in [0, 0.05) is 6.21 Å². The molecule has 3 rings (SSSR count). The van der Waals surface area contributed by atoms with Gasteiger partial charge in [-0.2, -0.15) is 0 Å². The van der Waals surface area contributed by atoms with Gasteiger partial charge >= 0.3 is 5.97 Å². The van der Waals surface area contributed by atoms with E-state index < -0.39 is 11.5 Å². The zero-order valence-electron chi connectivity index (χ0n) is 18.4. The van der Waals surface area contributed by atoms with Crippen LogP contribution in [0.3, 0.4) is 0 Å². The van der Waals surface area contributed by atoms with Crippen molar-refractivity contribution in [3.05, 3.63) is 77.9 Å². The molecule has 4 nitrogen and oxygen atoms in total. The van der Waals surface area contributed by atoms with Crippen LogP contribution in [0.1, 0.15) is 50.2 Å². The van der Waals surface area contributed by atoms with Gasteiger partial charge in [-0.1, -0.05) is 55.5 Å². The second kappa shape index (κ2) is 11.5. The van der Waals surface area contributed by atoms with Gasteiger partial charge in [0.25, 0.3) is 0 Å². The smallest absolute Gasteiger partial charge is 0.306 e. The first-order chi connectivity index (χ1) is 15.0. The molecule has 0 saturated heterocycles. The molecule has 4 heteroatoms. The Hall–Kier alpha value is -2.88. The predicted octanol–water partition coefficient (Wildman–Crippen LogP) is 5.90. The van der Waals surface area contributed by atoms with Crippen molar-refractivity contribution in [2.75, 3.05) is 6.61 Å². The van der Waals surface area contributed by atoms with Crippen molar-refractivity contribution in [2.24, 2.45) is 10.9 Å². The highest BCUT2D eigenvalue weighted by Crippen LogP contribution is 2.31. The molecule has 1 heterocycles. The predicted molar refractivity (Wildman–Crippen MR) is 126 cm³/mol. The highest BCUT2D eigenvalue weighted by molar-refractivity contribution is 5.78. The third-order valence-corrected chi connectivity index (χ3v) is 5.71. The minimum Gasteiger partial charge on any atom is -0.494 e. The number of unbranched alkanes of at least 4 members (excludes halogenated alkanes) is 2. The number of carbonyl (C=O) groups is 1. The third-order valence-electron chi connectivity index (χ3n) is 5.71. The Balaban J connectivity index is 1.36. The summed E-state index contributed by atoms with van der Waals surface area (Å²) in [5.41, 5.74) is 2.05. The molecule has 0 amide bonds. The summed E-state index contributed by atoms with van der Waals surface area (Å²) in [7, 11) is 0. The molecule has 1 N–H and O–H groups in total. The number of hydrogen-bond acceptors (Lipinski definition) is 3. The second-order valence-electron chi connectivity index (χ2n) is 8.61. The minimum atomic E-state index is -0.808. The summed E-state index contributed by atoms with van der Waals surface area (Å²) in [5, 5.41) is 9.22. The van der Waals surface area contributed by atoms with E-state index in [1.165, 1.54) is 24.0 Å². The van der Waals surface area contributed by atoms with Crippen LogP contribution in [0.2, 0.25) is 0 Å². The average molecular weight is 420 g/mol. The number of allylic oxidation sites excluding steroid dienone is 1. The molecule has 0 spiro atoms. The number of rotatable bonds is 13. The summed E-state index contributed by atoms with van der Waals surface area (Å²) in [4.78, 5) is 15.7. The molecule has 164 valence electrons. The van der Waals surface area contributed by atoms with Crippen LogP contribution in [0.15, 0.2) is 71.7 Å². The maximum atomic E-state index is 11.2. The van der Waals surface area contributed by atoms with E-state index in [-0.39, 0.29) is 6.42 Å². The van der Waals surface area contributed by atoms with Gasteiger partial charge in [-0.05, 0) is 73.8 Å². The van der Waals surface area contributed by atoms with Crippen molar-refractivity contribution in [1.82, 2.24) is 0 Å². The van der Waals surface area contributed by atoms with Crippen LogP contribution < -0.4 is 4.74 Å². The first kappa shape index (κ1) is 22.8. The molecule has 2 aromatic carbocycles. The zero-order chi connectivity index (χ0) is 21.9. The van der Waals surface area contributed by atoms with Gasteiger partial charge in [-0.25, -0.2) is 0 Å². The second-order valence-corrected chi connectivity index (χ2v) is 8.61. The standard InChI is InChI=1S/C27H33NO3/c1-22(20-27(21-26(29)30)16-8-17-28-27)19-24-12-14-25(15-13-24)31-18-7-3-6-11-23-9-4-2-5-10-23/h2,4-5,8-10,12-17,22H,3,6-7,11,18-21H2,1H3,(H,29,30). The number of carboxylic acid groups (broad SMARTS) is 1. The molecule has 0 bridgehead atoms. The number of carboxylic acids is 1. The number of nitrogens with zero attached hydrogens (tertiary/aromatic N) is 1. The maximum absolute atomic E-state index is 11.2. The highest BCUT2D eigenvalue weighted by atomic mass is 16.5. The summed E-state index contributed by atoms with van der Waals surface area (Å²) in [6.07, 6.45) is 11.7. The van der Waals surface area contributed by atoms with E-state index in [9.17, 15) is 9.90 Å². The van der Waals surface area contributed by atoms with Gasteiger partial charge in [0.2, 0.25) is 0 Å². The fraction of sp³-hybridized carbons (Fsp3) is 0.407. The quantitative estimate of drug-likeness (QED) is 0.411. The van der Waals surface area contributed by atoms with Gasteiger partial charge in [-0.3, -0.25) is 9.79 Å². The van der Waals surface area contributed by atoms with E-state index in [4.69, 9.17) is 4.74 Å². The molecular formula is C27H33NO3. The van der Waals surface area contributed by atoms with Crippen molar-refractivity contribution in [1.29, 1.82) is 0 Å². The fourth-order valence-corrected chi connectivity index (χ4v) is 4.26. The number of hydrogen-bond donors (Lipinski definition) is 1. The van der Waals surface area contributed by atoms with Crippen molar-refractivity contribution in [3.8, 4) is 5.75 Å². The van der Waals surface area contributed by atoms with Crippen molar-refractivity contribution >= 4 is 12.2 Å². The molecule has 1 aliphatic rings. The molecule has 2 atom stereocenters. The molecule has 0 aliphatic carbocycles. The molecular weight excluding hydrogens is 386 g/mol. The van der Waals surface area contributed by atoms with Crippen LogP contribution in [0, 0.1) is 5.92 Å².